The molecule has 0 bridgehead atoms. The lowest BCUT2D eigenvalue weighted by Gasteiger charge is -2.28. The van der Waals surface area contributed by atoms with Gasteiger partial charge in [-0.2, -0.15) is 0 Å². The largest absolute Gasteiger partial charge is 0.315 e. The quantitative estimate of drug-likeness (QED) is 0.803. The molecule has 0 unspecified atom stereocenters. The van der Waals surface area contributed by atoms with Gasteiger partial charge < -0.3 is 5.32 Å². The van der Waals surface area contributed by atoms with Crippen LogP contribution in [-0.4, -0.2) is 30.5 Å². The second-order valence-electron chi connectivity index (χ2n) is 5.44. The topological polar surface area (TPSA) is 64.0 Å². The van der Waals surface area contributed by atoms with Gasteiger partial charge in [-0.15, -0.1) is 0 Å². The highest BCUT2D eigenvalue weighted by Gasteiger charge is 2.29. The fourth-order valence-electron chi connectivity index (χ4n) is 2.81. The number of pyridine rings is 1. The molecule has 1 fully saturated rings. The minimum Gasteiger partial charge on any atom is -0.315 e. The number of para-hydroxylation sites is 1. The van der Waals surface area contributed by atoms with E-state index in [1.165, 1.54) is 10.2 Å². The van der Waals surface area contributed by atoms with Crippen LogP contribution in [-0.2, 0) is 10.0 Å². The van der Waals surface area contributed by atoms with E-state index in [0.717, 1.165) is 24.2 Å². The van der Waals surface area contributed by atoms with E-state index in [1.54, 1.807) is 18.3 Å². The molecule has 0 aliphatic carbocycles. The smallest absolute Gasteiger partial charge is 0.269 e. The highest BCUT2D eigenvalue weighted by Crippen LogP contribution is 2.31. The fraction of sp³-hybridized carbons (Fsp3) is 0.188. The molecule has 0 atom stereocenters. The molecule has 1 saturated heterocycles. The van der Waals surface area contributed by atoms with Gasteiger partial charge in [0.2, 0.25) is 0 Å². The molecule has 22 heavy (non-hydrogen) atoms. The fourth-order valence-corrected chi connectivity index (χ4v) is 4.37. The maximum Gasteiger partial charge on any atom is 0.269 e. The van der Waals surface area contributed by atoms with Crippen molar-refractivity contribution in [3.05, 3.63) is 60.6 Å². The van der Waals surface area contributed by atoms with Crippen LogP contribution in [0.2, 0.25) is 0 Å². The van der Waals surface area contributed by atoms with E-state index >= 15 is 0 Å². The zero-order chi connectivity index (χ0) is 15.2. The normalized spacial score (nSPS) is 15.8. The molecule has 5 nitrogen and oxygen atoms in total. The third-order valence-corrected chi connectivity index (χ3v) is 5.79. The number of hydrogen-bond acceptors (Lipinski definition) is 4. The van der Waals surface area contributed by atoms with Crippen LogP contribution in [0.3, 0.4) is 0 Å². The van der Waals surface area contributed by atoms with Crippen molar-refractivity contribution in [3.63, 3.8) is 0 Å². The molecular formula is C16H15N3O2S. The van der Waals surface area contributed by atoms with Crippen molar-refractivity contribution in [3.8, 4) is 0 Å². The van der Waals surface area contributed by atoms with Gasteiger partial charge in [-0.3, -0.25) is 4.98 Å². The Kier molecular flexibility index (Phi) is 3.02. The predicted octanol–water partition coefficient (Wildman–Crippen LogP) is 1.96. The summed E-state index contributed by atoms with van der Waals surface area (Å²) in [4.78, 5) is 4.16. The van der Waals surface area contributed by atoms with Gasteiger partial charge in [0, 0.05) is 42.5 Å². The van der Waals surface area contributed by atoms with Crippen LogP contribution in [0.1, 0.15) is 11.6 Å². The number of nitrogens with one attached hydrogen (secondary N) is 1. The zero-order valence-corrected chi connectivity index (χ0v) is 12.6. The lowest BCUT2D eigenvalue weighted by atomic mass is 10.00. The molecule has 2 aromatic heterocycles. The highest BCUT2D eigenvalue weighted by atomic mass is 32.2. The highest BCUT2D eigenvalue weighted by molar-refractivity contribution is 7.90. The molecule has 3 heterocycles. The molecule has 1 aliphatic heterocycles. The standard InChI is InChI=1S/C16H15N3O2S/c20-22(21,14-5-3-7-17-11-14)19-15-6-2-1-4-12(15)8-16(19)13-9-18-10-13/h1-8,11,13,18H,9-10H2. The van der Waals surface area contributed by atoms with Crippen molar-refractivity contribution in [1.29, 1.82) is 0 Å². The molecule has 112 valence electrons. The van der Waals surface area contributed by atoms with Crippen LogP contribution >= 0.6 is 0 Å². The number of aromatic nitrogens is 2. The molecule has 6 heteroatoms. The van der Waals surface area contributed by atoms with Crippen molar-refractivity contribution in [2.24, 2.45) is 0 Å². The number of rotatable bonds is 3. The van der Waals surface area contributed by atoms with Crippen LogP contribution in [0.25, 0.3) is 10.9 Å². The van der Waals surface area contributed by atoms with Crippen molar-refractivity contribution in [1.82, 2.24) is 14.3 Å². The van der Waals surface area contributed by atoms with Crippen LogP contribution in [0.4, 0.5) is 0 Å². The second-order valence-corrected chi connectivity index (χ2v) is 7.23. The Morgan fingerprint density at radius 1 is 1.14 bits per heavy atom. The van der Waals surface area contributed by atoms with Gasteiger partial charge in [0.15, 0.2) is 0 Å². The third kappa shape index (κ3) is 1.95. The third-order valence-electron chi connectivity index (χ3n) is 4.07. The summed E-state index contributed by atoms with van der Waals surface area (Å²) < 4.78 is 27.6. The summed E-state index contributed by atoms with van der Waals surface area (Å²) in [5.74, 6) is 0.221. The molecule has 1 N–H and O–H groups in total. The minimum absolute atomic E-state index is 0.213. The van der Waals surface area contributed by atoms with Crippen molar-refractivity contribution in [2.45, 2.75) is 10.8 Å². The van der Waals surface area contributed by atoms with Crippen molar-refractivity contribution >= 4 is 20.9 Å². The first-order valence-corrected chi connectivity index (χ1v) is 8.58. The van der Waals surface area contributed by atoms with E-state index in [9.17, 15) is 8.42 Å². The summed E-state index contributed by atoms with van der Waals surface area (Å²) in [6.07, 6.45) is 2.97. The lowest BCUT2D eigenvalue weighted by molar-refractivity contribution is 0.437. The first-order valence-electron chi connectivity index (χ1n) is 7.14. The van der Waals surface area contributed by atoms with Crippen LogP contribution in [0.5, 0.6) is 0 Å². The Bertz CT molecular complexity index is 928. The Hall–Kier alpha value is -2.18. The molecular weight excluding hydrogens is 298 g/mol. The van der Waals surface area contributed by atoms with Gasteiger partial charge in [-0.25, -0.2) is 12.4 Å². The number of hydrogen-bond donors (Lipinski definition) is 1. The summed E-state index contributed by atoms with van der Waals surface area (Å²) in [6.45, 7) is 1.61. The zero-order valence-electron chi connectivity index (χ0n) is 11.8. The molecule has 0 spiro atoms. The van der Waals surface area contributed by atoms with E-state index in [0.29, 0.717) is 5.52 Å². The monoisotopic (exact) mass is 313 g/mol. The summed E-state index contributed by atoms with van der Waals surface area (Å²) in [5, 5.41) is 4.14. The molecule has 1 aliphatic rings. The van der Waals surface area contributed by atoms with Crippen LogP contribution < -0.4 is 5.32 Å². The Morgan fingerprint density at radius 2 is 1.95 bits per heavy atom. The van der Waals surface area contributed by atoms with Gasteiger partial charge in [0.05, 0.1) is 5.52 Å². The molecule has 1 aromatic carbocycles. The summed E-state index contributed by atoms with van der Waals surface area (Å²) in [6, 6.07) is 12.8. The second kappa shape index (κ2) is 4.93. The Morgan fingerprint density at radius 3 is 2.64 bits per heavy atom. The van der Waals surface area contributed by atoms with Crippen molar-refractivity contribution in [2.75, 3.05) is 13.1 Å². The van der Waals surface area contributed by atoms with E-state index in [4.69, 9.17) is 0 Å². The molecule has 4 rings (SSSR count). The minimum atomic E-state index is -3.65. The van der Waals surface area contributed by atoms with Gasteiger partial charge >= 0.3 is 0 Å². The first-order chi connectivity index (χ1) is 10.7. The molecule has 3 aromatic rings. The van der Waals surface area contributed by atoms with Crippen molar-refractivity contribution < 1.29 is 8.42 Å². The first kappa shape index (κ1) is 13.5. The number of benzene rings is 1. The Balaban J connectivity index is 2.01. The average Bonchev–Trinajstić information content (AvgIpc) is 2.85. The van der Waals surface area contributed by atoms with E-state index in [1.807, 2.05) is 30.3 Å². The molecule has 0 amide bonds. The molecule has 0 saturated carbocycles. The lowest BCUT2D eigenvalue weighted by Crippen LogP contribution is -2.41. The van der Waals surface area contributed by atoms with Gasteiger partial charge in [-0.1, -0.05) is 18.2 Å². The average molecular weight is 313 g/mol. The Labute approximate surface area is 128 Å². The summed E-state index contributed by atoms with van der Waals surface area (Å²) in [7, 11) is -3.65. The number of fused-ring (bicyclic) bond motifs is 1. The summed E-state index contributed by atoms with van der Waals surface area (Å²) >= 11 is 0. The van der Waals surface area contributed by atoms with Gasteiger partial charge in [0.1, 0.15) is 4.90 Å². The van der Waals surface area contributed by atoms with E-state index < -0.39 is 10.0 Å². The SMILES string of the molecule is O=S(=O)(c1cccnc1)n1c(C2CNC2)cc2ccccc21. The summed E-state index contributed by atoms with van der Waals surface area (Å²) in [5.41, 5.74) is 1.55. The number of nitrogens with zero attached hydrogens (tertiary/aromatic N) is 2. The maximum atomic E-state index is 13.1. The molecule has 0 radical (unpaired) electrons. The van der Waals surface area contributed by atoms with Gasteiger partial charge in [-0.05, 0) is 24.3 Å². The van der Waals surface area contributed by atoms with Crippen LogP contribution in [0.15, 0.2) is 59.8 Å². The van der Waals surface area contributed by atoms with Gasteiger partial charge in [0.25, 0.3) is 10.0 Å². The van der Waals surface area contributed by atoms with Crippen LogP contribution in [0, 0.1) is 0 Å². The van der Waals surface area contributed by atoms with E-state index in [-0.39, 0.29) is 10.8 Å². The maximum absolute atomic E-state index is 13.1. The van der Waals surface area contributed by atoms with E-state index in [2.05, 4.69) is 10.3 Å². The predicted molar refractivity (Wildman–Crippen MR) is 84.4 cm³/mol.